The smallest absolute Gasteiger partial charge is 0.220 e. The van der Waals surface area contributed by atoms with Crippen molar-refractivity contribution in [1.29, 1.82) is 0 Å². The molecule has 5 nitrogen and oxygen atoms in total. The topological polar surface area (TPSA) is 81.1 Å². The molecule has 3 rings (SSSR count). The molecule has 1 atom stereocenters. The van der Waals surface area contributed by atoms with Gasteiger partial charge in [-0.1, -0.05) is 0 Å². The Morgan fingerprint density at radius 2 is 2.21 bits per heavy atom. The van der Waals surface area contributed by atoms with Crippen LogP contribution in [-0.4, -0.2) is 23.5 Å². The number of hydrogen-bond donors (Lipinski definition) is 2. The third kappa shape index (κ3) is 3.97. The monoisotopic (exact) mass is 335 g/mol. The first kappa shape index (κ1) is 16.6. The van der Waals surface area contributed by atoms with E-state index in [1.165, 1.54) is 12.3 Å². The van der Waals surface area contributed by atoms with Crippen molar-refractivity contribution < 1.29 is 18.0 Å². The number of nitrogens with one attached hydrogen (secondary N) is 1. The third-order valence-corrected chi connectivity index (χ3v) is 4.11. The molecular formula is C17H19F2N3O2. The van der Waals surface area contributed by atoms with Gasteiger partial charge in [-0.2, -0.15) is 0 Å². The number of halogens is 2. The molecule has 3 N–H and O–H groups in total. The predicted molar refractivity (Wildman–Crippen MR) is 83.9 cm³/mol. The van der Waals surface area contributed by atoms with E-state index in [1.807, 2.05) is 0 Å². The molecule has 1 unspecified atom stereocenters. The number of amides is 1. The Kier molecular flexibility index (Phi) is 4.89. The third-order valence-electron chi connectivity index (χ3n) is 4.11. The van der Waals surface area contributed by atoms with E-state index < -0.39 is 11.6 Å². The van der Waals surface area contributed by atoms with Crippen LogP contribution < -0.4 is 11.1 Å². The van der Waals surface area contributed by atoms with Gasteiger partial charge in [0.2, 0.25) is 5.91 Å². The van der Waals surface area contributed by atoms with Crippen LogP contribution in [0.25, 0.3) is 11.3 Å². The Labute approximate surface area is 138 Å². The van der Waals surface area contributed by atoms with Crippen molar-refractivity contribution in [2.24, 2.45) is 11.7 Å². The standard InChI is InChI=1S/C17H19F2N3O2/c18-11-3-4-12(13(19)7-11)15-9-21-17(24-15)6-5-16(23)22-14(8-20)10-1-2-10/h3-4,7,9-10,14H,1-2,5-6,8,20H2,(H,22,23). The van der Waals surface area contributed by atoms with Gasteiger partial charge in [0.05, 0.1) is 11.8 Å². The first-order chi connectivity index (χ1) is 11.6. The SMILES string of the molecule is NCC(NC(=O)CCc1ncc(-c2ccc(F)cc2F)o1)C1CC1. The summed E-state index contributed by atoms with van der Waals surface area (Å²) < 4.78 is 32.1. The van der Waals surface area contributed by atoms with E-state index >= 15 is 0 Å². The van der Waals surface area contributed by atoms with Gasteiger partial charge in [0.25, 0.3) is 0 Å². The van der Waals surface area contributed by atoms with E-state index in [0.29, 0.717) is 24.8 Å². The van der Waals surface area contributed by atoms with E-state index in [0.717, 1.165) is 25.0 Å². The van der Waals surface area contributed by atoms with Crippen LogP contribution in [0.3, 0.4) is 0 Å². The van der Waals surface area contributed by atoms with E-state index in [4.69, 9.17) is 10.2 Å². The van der Waals surface area contributed by atoms with Crippen LogP contribution in [-0.2, 0) is 11.2 Å². The van der Waals surface area contributed by atoms with Gasteiger partial charge < -0.3 is 15.5 Å². The highest BCUT2D eigenvalue weighted by atomic mass is 19.1. The maximum absolute atomic E-state index is 13.7. The number of rotatable bonds is 7. The molecule has 2 aromatic rings. The highest BCUT2D eigenvalue weighted by Crippen LogP contribution is 2.32. The van der Waals surface area contributed by atoms with Crippen molar-refractivity contribution in [3.8, 4) is 11.3 Å². The van der Waals surface area contributed by atoms with E-state index in [-0.39, 0.29) is 29.7 Å². The second-order valence-electron chi connectivity index (χ2n) is 5.99. The van der Waals surface area contributed by atoms with Crippen LogP contribution >= 0.6 is 0 Å². The first-order valence-corrected chi connectivity index (χ1v) is 7.96. The molecule has 128 valence electrons. The minimum absolute atomic E-state index is 0.0333. The number of aryl methyl sites for hydroxylation is 1. The second-order valence-corrected chi connectivity index (χ2v) is 5.99. The lowest BCUT2D eigenvalue weighted by Crippen LogP contribution is -2.41. The first-order valence-electron chi connectivity index (χ1n) is 7.96. The van der Waals surface area contributed by atoms with Crippen LogP contribution in [0.4, 0.5) is 8.78 Å². The summed E-state index contributed by atoms with van der Waals surface area (Å²) in [6, 6.07) is 3.27. The summed E-state index contributed by atoms with van der Waals surface area (Å²) in [5.41, 5.74) is 5.79. The normalized spacial score (nSPS) is 15.3. The molecular weight excluding hydrogens is 316 g/mol. The summed E-state index contributed by atoms with van der Waals surface area (Å²) in [4.78, 5) is 16.0. The van der Waals surface area contributed by atoms with Gasteiger partial charge in [-0.05, 0) is 30.9 Å². The lowest BCUT2D eigenvalue weighted by molar-refractivity contribution is -0.121. The Hall–Kier alpha value is -2.28. The Balaban J connectivity index is 1.57. The Morgan fingerprint density at radius 1 is 1.42 bits per heavy atom. The molecule has 1 aromatic heterocycles. The van der Waals surface area contributed by atoms with Crippen molar-refractivity contribution >= 4 is 5.91 Å². The summed E-state index contributed by atoms with van der Waals surface area (Å²) in [5.74, 6) is -0.442. The quantitative estimate of drug-likeness (QED) is 0.814. The molecule has 1 aliphatic carbocycles. The maximum atomic E-state index is 13.7. The number of nitrogens with two attached hydrogens (primary N) is 1. The van der Waals surface area contributed by atoms with Crippen molar-refractivity contribution in [3.05, 3.63) is 41.9 Å². The minimum Gasteiger partial charge on any atom is -0.441 e. The van der Waals surface area contributed by atoms with Crippen LogP contribution in [0.1, 0.15) is 25.2 Å². The second kappa shape index (κ2) is 7.09. The zero-order valence-electron chi connectivity index (χ0n) is 13.1. The molecule has 0 radical (unpaired) electrons. The molecule has 1 saturated carbocycles. The zero-order chi connectivity index (χ0) is 17.1. The fourth-order valence-corrected chi connectivity index (χ4v) is 2.61. The van der Waals surface area contributed by atoms with Gasteiger partial charge in [0, 0.05) is 31.5 Å². The van der Waals surface area contributed by atoms with Crippen LogP contribution in [0.2, 0.25) is 0 Å². The Bertz CT molecular complexity index is 728. The Morgan fingerprint density at radius 3 is 2.88 bits per heavy atom. The summed E-state index contributed by atoms with van der Waals surface area (Å²) >= 11 is 0. The number of benzene rings is 1. The number of hydrogen-bond acceptors (Lipinski definition) is 4. The summed E-state index contributed by atoms with van der Waals surface area (Å²) in [7, 11) is 0. The van der Waals surface area contributed by atoms with Gasteiger partial charge in [0.15, 0.2) is 11.7 Å². The van der Waals surface area contributed by atoms with E-state index in [9.17, 15) is 13.6 Å². The molecule has 1 amide bonds. The maximum Gasteiger partial charge on any atom is 0.220 e. The number of nitrogens with zero attached hydrogens (tertiary/aromatic N) is 1. The molecule has 1 heterocycles. The summed E-state index contributed by atoms with van der Waals surface area (Å²) in [5, 5.41) is 2.92. The van der Waals surface area contributed by atoms with Crippen molar-refractivity contribution in [2.45, 2.75) is 31.7 Å². The molecule has 1 aromatic carbocycles. The molecule has 1 aliphatic rings. The van der Waals surface area contributed by atoms with Gasteiger partial charge in [-0.3, -0.25) is 4.79 Å². The lowest BCUT2D eigenvalue weighted by Gasteiger charge is -2.15. The largest absolute Gasteiger partial charge is 0.441 e. The van der Waals surface area contributed by atoms with Gasteiger partial charge >= 0.3 is 0 Å². The van der Waals surface area contributed by atoms with Crippen LogP contribution in [0.15, 0.2) is 28.8 Å². The molecule has 0 spiro atoms. The molecule has 0 bridgehead atoms. The highest BCUT2D eigenvalue weighted by Gasteiger charge is 2.31. The zero-order valence-corrected chi connectivity index (χ0v) is 13.1. The molecule has 0 saturated heterocycles. The van der Waals surface area contributed by atoms with Crippen molar-refractivity contribution in [2.75, 3.05) is 6.54 Å². The van der Waals surface area contributed by atoms with Gasteiger partial charge in [-0.25, -0.2) is 13.8 Å². The molecule has 0 aliphatic heterocycles. The number of aromatic nitrogens is 1. The highest BCUT2D eigenvalue weighted by molar-refractivity contribution is 5.76. The number of oxazole rings is 1. The molecule has 1 fully saturated rings. The van der Waals surface area contributed by atoms with Gasteiger partial charge in [-0.15, -0.1) is 0 Å². The predicted octanol–water partition coefficient (Wildman–Crippen LogP) is 2.41. The van der Waals surface area contributed by atoms with Crippen molar-refractivity contribution in [3.63, 3.8) is 0 Å². The average molecular weight is 335 g/mol. The molecule has 7 heteroatoms. The van der Waals surface area contributed by atoms with Gasteiger partial charge in [0.1, 0.15) is 11.6 Å². The minimum atomic E-state index is -0.717. The van der Waals surface area contributed by atoms with Crippen LogP contribution in [0.5, 0.6) is 0 Å². The summed E-state index contributed by atoms with van der Waals surface area (Å²) in [6.45, 7) is 0.434. The number of carbonyl (C=O) groups is 1. The van der Waals surface area contributed by atoms with E-state index in [1.54, 1.807) is 0 Å². The summed E-state index contributed by atoms with van der Waals surface area (Å²) in [6.07, 6.45) is 4.10. The van der Waals surface area contributed by atoms with E-state index in [2.05, 4.69) is 10.3 Å². The van der Waals surface area contributed by atoms with Crippen LogP contribution in [0, 0.1) is 17.6 Å². The van der Waals surface area contributed by atoms with Crippen molar-refractivity contribution in [1.82, 2.24) is 10.3 Å². The fourth-order valence-electron chi connectivity index (χ4n) is 2.61. The lowest BCUT2D eigenvalue weighted by atomic mass is 10.1. The number of carbonyl (C=O) groups excluding carboxylic acids is 1. The fraction of sp³-hybridized carbons (Fsp3) is 0.412. The molecule has 24 heavy (non-hydrogen) atoms. The average Bonchev–Trinajstić information content (AvgIpc) is 3.29.